The first-order valence-corrected chi connectivity index (χ1v) is 7.47. The van der Waals surface area contributed by atoms with E-state index in [1.165, 1.54) is 12.1 Å². The Hall–Kier alpha value is -2.93. The predicted molar refractivity (Wildman–Crippen MR) is 91.0 cm³/mol. The van der Waals surface area contributed by atoms with Gasteiger partial charge in [-0.25, -0.2) is 4.79 Å². The van der Waals surface area contributed by atoms with E-state index in [1.54, 1.807) is 13.0 Å². The minimum Gasteiger partial charge on any atom is -0.394 e. The number of nitrogens with zero attached hydrogens (tertiary/aromatic N) is 1. The van der Waals surface area contributed by atoms with Crippen molar-refractivity contribution in [1.82, 2.24) is 5.32 Å². The summed E-state index contributed by atoms with van der Waals surface area (Å²) >= 11 is 0. The molecule has 0 aliphatic heterocycles. The topological polar surface area (TPSA) is 104 Å². The Bertz CT molecular complexity index is 719. The molecule has 0 aromatic heterocycles. The number of aliphatic hydroxyl groups excluding tert-OH is 1. The first kappa shape index (κ1) is 17.4. The standard InChI is InChI=1S/C17H19N3O4/c1-12-15(8-5-9-16(12)20(23)24)19-17(22)18-14(11-21)10-13-6-3-2-4-7-13/h2-9,14,21H,10-11H2,1H3,(H2,18,19,22)/t14-/m1/s1. The summed E-state index contributed by atoms with van der Waals surface area (Å²) in [6.07, 6.45) is 0.485. The average molecular weight is 329 g/mol. The van der Waals surface area contributed by atoms with Crippen LogP contribution in [0.15, 0.2) is 48.5 Å². The maximum Gasteiger partial charge on any atom is 0.319 e. The van der Waals surface area contributed by atoms with Gasteiger partial charge in [-0.3, -0.25) is 10.1 Å². The lowest BCUT2D eigenvalue weighted by atomic mass is 10.1. The van der Waals surface area contributed by atoms with Gasteiger partial charge in [0.25, 0.3) is 5.69 Å². The van der Waals surface area contributed by atoms with Gasteiger partial charge in [-0.2, -0.15) is 0 Å². The molecule has 7 heteroatoms. The monoisotopic (exact) mass is 329 g/mol. The van der Waals surface area contributed by atoms with Crippen molar-refractivity contribution in [2.24, 2.45) is 0 Å². The largest absolute Gasteiger partial charge is 0.394 e. The molecule has 2 amide bonds. The van der Waals surface area contributed by atoms with Crippen LogP contribution in [-0.4, -0.2) is 28.7 Å². The van der Waals surface area contributed by atoms with Gasteiger partial charge in [-0.05, 0) is 25.0 Å². The lowest BCUT2D eigenvalue weighted by molar-refractivity contribution is -0.385. The predicted octanol–water partition coefficient (Wildman–Crippen LogP) is 2.63. The van der Waals surface area contributed by atoms with E-state index < -0.39 is 17.0 Å². The maximum atomic E-state index is 12.1. The van der Waals surface area contributed by atoms with Crippen LogP contribution in [0.25, 0.3) is 0 Å². The fourth-order valence-electron chi connectivity index (χ4n) is 2.36. The van der Waals surface area contributed by atoms with Gasteiger partial charge < -0.3 is 15.7 Å². The van der Waals surface area contributed by atoms with Crippen LogP contribution in [0.2, 0.25) is 0 Å². The molecule has 0 fully saturated rings. The number of amides is 2. The Kier molecular flexibility index (Phi) is 5.86. The minimum atomic E-state index is -0.520. The van der Waals surface area contributed by atoms with Crippen LogP contribution >= 0.6 is 0 Å². The third-order valence-corrected chi connectivity index (χ3v) is 3.63. The number of aliphatic hydroxyl groups is 1. The van der Waals surface area contributed by atoms with Gasteiger partial charge in [0.2, 0.25) is 0 Å². The number of hydrogen-bond donors (Lipinski definition) is 3. The van der Waals surface area contributed by atoms with Crippen LogP contribution in [0.1, 0.15) is 11.1 Å². The molecule has 2 aromatic rings. The van der Waals surface area contributed by atoms with E-state index in [-0.39, 0.29) is 12.3 Å². The van der Waals surface area contributed by atoms with Gasteiger partial charge in [0, 0.05) is 6.07 Å². The Morgan fingerprint density at radius 3 is 2.54 bits per heavy atom. The van der Waals surface area contributed by atoms with Crippen LogP contribution in [0.3, 0.4) is 0 Å². The van der Waals surface area contributed by atoms with Crippen molar-refractivity contribution in [3.63, 3.8) is 0 Å². The molecule has 126 valence electrons. The molecule has 0 aliphatic rings. The Balaban J connectivity index is 2.02. The van der Waals surface area contributed by atoms with Gasteiger partial charge in [0.1, 0.15) is 0 Å². The van der Waals surface area contributed by atoms with Crippen LogP contribution in [0.5, 0.6) is 0 Å². The highest BCUT2D eigenvalue weighted by atomic mass is 16.6. The molecule has 24 heavy (non-hydrogen) atoms. The zero-order chi connectivity index (χ0) is 17.5. The van der Waals surface area contributed by atoms with Gasteiger partial charge in [-0.1, -0.05) is 36.4 Å². The first-order chi connectivity index (χ1) is 11.5. The Labute approximate surface area is 139 Å². The summed E-state index contributed by atoms with van der Waals surface area (Å²) in [4.78, 5) is 22.5. The van der Waals surface area contributed by atoms with Crippen LogP contribution in [-0.2, 0) is 6.42 Å². The number of nitro benzene ring substituents is 1. The van der Waals surface area contributed by atoms with Crippen LogP contribution < -0.4 is 10.6 Å². The fraction of sp³-hybridized carbons (Fsp3) is 0.235. The van der Waals surface area contributed by atoms with E-state index >= 15 is 0 Å². The third kappa shape index (κ3) is 4.53. The zero-order valence-corrected chi connectivity index (χ0v) is 13.2. The van der Waals surface area contributed by atoms with Gasteiger partial charge >= 0.3 is 6.03 Å². The number of nitrogens with one attached hydrogen (secondary N) is 2. The smallest absolute Gasteiger partial charge is 0.319 e. The van der Waals surface area contributed by atoms with Gasteiger partial charge in [0.05, 0.1) is 28.8 Å². The second-order valence-corrected chi connectivity index (χ2v) is 5.37. The lowest BCUT2D eigenvalue weighted by Crippen LogP contribution is -2.41. The summed E-state index contributed by atoms with van der Waals surface area (Å²) in [5, 5.41) is 25.6. The highest BCUT2D eigenvalue weighted by Crippen LogP contribution is 2.24. The molecule has 1 atom stereocenters. The summed E-state index contributed by atoms with van der Waals surface area (Å²) in [6.45, 7) is 1.36. The van der Waals surface area contributed by atoms with Crippen molar-refractivity contribution >= 4 is 17.4 Å². The Morgan fingerprint density at radius 2 is 1.92 bits per heavy atom. The van der Waals surface area contributed by atoms with Gasteiger partial charge in [0.15, 0.2) is 0 Å². The molecule has 0 heterocycles. The lowest BCUT2D eigenvalue weighted by Gasteiger charge is -2.17. The average Bonchev–Trinajstić information content (AvgIpc) is 2.56. The van der Waals surface area contributed by atoms with E-state index in [9.17, 15) is 20.0 Å². The van der Waals surface area contributed by atoms with E-state index in [0.29, 0.717) is 17.7 Å². The zero-order valence-electron chi connectivity index (χ0n) is 13.2. The van der Waals surface area contributed by atoms with Crippen molar-refractivity contribution < 1.29 is 14.8 Å². The van der Waals surface area contributed by atoms with Crippen molar-refractivity contribution in [1.29, 1.82) is 0 Å². The van der Waals surface area contributed by atoms with Crippen LogP contribution in [0, 0.1) is 17.0 Å². The second kappa shape index (κ2) is 8.07. The number of carbonyl (C=O) groups excluding carboxylic acids is 1. The number of urea groups is 1. The van der Waals surface area contributed by atoms with Crippen LogP contribution in [0.4, 0.5) is 16.2 Å². The molecule has 0 saturated carbocycles. The van der Waals surface area contributed by atoms with E-state index in [1.807, 2.05) is 30.3 Å². The molecule has 7 nitrogen and oxygen atoms in total. The fourth-order valence-corrected chi connectivity index (χ4v) is 2.36. The number of benzene rings is 2. The number of anilines is 1. The molecule has 0 radical (unpaired) electrons. The van der Waals surface area contributed by atoms with Crippen molar-refractivity contribution in [3.8, 4) is 0 Å². The maximum absolute atomic E-state index is 12.1. The molecule has 0 spiro atoms. The third-order valence-electron chi connectivity index (χ3n) is 3.63. The van der Waals surface area contributed by atoms with Crippen molar-refractivity contribution in [3.05, 3.63) is 69.8 Å². The van der Waals surface area contributed by atoms with E-state index in [0.717, 1.165) is 5.56 Å². The molecular formula is C17H19N3O4. The summed E-state index contributed by atoms with van der Waals surface area (Å²) in [5.74, 6) is 0. The summed E-state index contributed by atoms with van der Waals surface area (Å²) in [6, 6.07) is 13.0. The SMILES string of the molecule is Cc1c(NC(=O)N[C@@H](CO)Cc2ccccc2)cccc1[N+](=O)[O-]. The van der Waals surface area contributed by atoms with Crippen molar-refractivity contribution in [2.75, 3.05) is 11.9 Å². The second-order valence-electron chi connectivity index (χ2n) is 5.37. The Morgan fingerprint density at radius 1 is 1.21 bits per heavy atom. The highest BCUT2D eigenvalue weighted by molar-refractivity contribution is 5.91. The molecule has 0 unspecified atom stereocenters. The molecule has 3 N–H and O–H groups in total. The van der Waals surface area contributed by atoms with Crippen molar-refractivity contribution in [2.45, 2.75) is 19.4 Å². The highest BCUT2D eigenvalue weighted by Gasteiger charge is 2.16. The number of nitro groups is 1. The number of hydrogen-bond acceptors (Lipinski definition) is 4. The molecule has 2 rings (SSSR count). The molecule has 0 aliphatic carbocycles. The van der Waals surface area contributed by atoms with E-state index in [2.05, 4.69) is 10.6 Å². The minimum absolute atomic E-state index is 0.0595. The summed E-state index contributed by atoms with van der Waals surface area (Å²) in [7, 11) is 0. The molecular weight excluding hydrogens is 310 g/mol. The normalized spacial score (nSPS) is 11.6. The molecule has 0 bridgehead atoms. The van der Waals surface area contributed by atoms with Gasteiger partial charge in [-0.15, -0.1) is 0 Å². The quantitative estimate of drug-likeness (QED) is 0.559. The molecule has 2 aromatic carbocycles. The van der Waals surface area contributed by atoms with E-state index in [4.69, 9.17) is 0 Å². The number of rotatable bonds is 6. The first-order valence-electron chi connectivity index (χ1n) is 7.47. The summed E-state index contributed by atoms with van der Waals surface area (Å²) in [5.41, 5.74) is 1.67. The number of carbonyl (C=O) groups is 1. The summed E-state index contributed by atoms with van der Waals surface area (Å²) < 4.78 is 0. The molecule has 0 saturated heterocycles.